The van der Waals surface area contributed by atoms with Crippen LogP contribution < -0.4 is 0 Å². The maximum atomic E-state index is 12.1. The summed E-state index contributed by atoms with van der Waals surface area (Å²) in [5.41, 5.74) is 0.405. The number of benzene rings is 2. The van der Waals surface area contributed by atoms with E-state index in [-0.39, 0.29) is 26.7 Å². The van der Waals surface area contributed by atoms with Crippen molar-refractivity contribution in [1.82, 2.24) is 5.06 Å². The molecule has 0 saturated carbocycles. The summed E-state index contributed by atoms with van der Waals surface area (Å²) in [5.74, 6) is -2.29. The largest absolute Gasteiger partial charge is 0.364 e. The van der Waals surface area contributed by atoms with E-state index in [2.05, 4.69) is 0 Å². The fourth-order valence-corrected chi connectivity index (χ4v) is 2.58. The SMILES string of the molecule is O=C(ON1C(=O)c2ccccc2C1=O)c1cc(Cl)cc(Cl)c1. The van der Waals surface area contributed by atoms with E-state index >= 15 is 0 Å². The molecule has 2 amide bonds. The summed E-state index contributed by atoms with van der Waals surface area (Å²) in [6, 6.07) is 10.3. The van der Waals surface area contributed by atoms with Gasteiger partial charge >= 0.3 is 5.97 Å². The van der Waals surface area contributed by atoms with Gasteiger partial charge in [0.25, 0.3) is 11.8 Å². The molecule has 0 fully saturated rings. The molecule has 1 heterocycles. The quantitative estimate of drug-likeness (QED) is 0.789. The van der Waals surface area contributed by atoms with Crippen molar-refractivity contribution in [2.45, 2.75) is 0 Å². The van der Waals surface area contributed by atoms with E-state index in [4.69, 9.17) is 28.0 Å². The standard InChI is InChI=1S/C15H7Cl2NO4/c16-9-5-8(6-10(17)7-9)15(21)22-18-13(19)11-3-1-2-4-12(11)14(18)20/h1-7H. The molecule has 1 aliphatic rings. The first kappa shape index (κ1) is 14.6. The molecule has 0 unspecified atom stereocenters. The van der Waals surface area contributed by atoms with E-state index < -0.39 is 17.8 Å². The van der Waals surface area contributed by atoms with E-state index in [0.29, 0.717) is 5.06 Å². The highest BCUT2D eigenvalue weighted by Crippen LogP contribution is 2.24. The smallest absolute Gasteiger partial charge is 0.324 e. The fourth-order valence-electron chi connectivity index (χ4n) is 2.06. The molecule has 3 rings (SSSR count). The summed E-state index contributed by atoms with van der Waals surface area (Å²) < 4.78 is 0. The van der Waals surface area contributed by atoms with E-state index in [1.165, 1.54) is 30.3 Å². The molecular formula is C15H7Cl2NO4. The van der Waals surface area contributed by atoms with Gasteiger partial charge in [0.1, 0.15) is 0 Å². The van der Waals surface area contributed by atoms with Crippen molar-refractivity contribution >= 4 is 41.0 Å². The highest BCUT2D eigenvalue weighted by molar-refractivity contribution is 6.35. The average Bonchev–Trinajstić information content (AvgIpc) is 2.72. The summed E-state index contributed by atoms with van der Waals surface area (Å²) >= 11 is 11.6. The Labute approximate surface area is 134 Å². The lowest BCUT2D eigenvalue weighted by Crippen LogP contribution is -2.32. The highest BCUT2D eigenvalue weighted by atomic mass is 35.5. The molecule has 22 heavy (non-hydrogen) atoms. The van der Waals surface area contributed by atoms with Crippen molar-refractivity contribution in [3.8, 4) is 0 Å². The second-order valence-electron chi connectivity index (χ2n) is 4.49. The lowest BCUT2D eigenvalue weighted by Gasteiger charge is -2.12. The highest BCUT2D eigenvalue weighted by Gasteiger charge is 2.38. The van der Waals surface area contributed by atoms with E-state index in [0.717, 1.165) is 0 Å². The van der Waals surface area contributed by atoms with E-state index in [1.807, 2.05) is 0 Å². The molecule has 0 spiro atoms. The van der Waals surface area contributed by atoms with Gasteiger partial charge in [-0.3, -0.25) is 9.59 Å². The third kappa shape index (κ3) is 2.45. The molecule has 0 N–H and O–H groups in total. The predicted molar refractivity (Wildman–Crippen MR) is 78.8 cm³/mol. The molecule has 0 bridgehead atoms. The summed E-state index contributed by atoms with van der Waals surface area (Å²) in [4.78, 5) is 41.1. The zero-order valence-corrected chi connectivity index (χ0v) is 12.4. The Bertz CT molecular complexity index is 764. The Hall–Kier alpha value is -2.37. The summed E-state index contributed by atoms with van der Waals surface area (Å²) in [7, 11) is 0. The molecule has 2 aromatic rings. The molecule has 7 heteroatoms. The molecule has 1 aliphatic heterocycles. The average molecular weight is 336 g/mol. The molecule has 0 saturated heterocycles. The van der Waals surface area contributed by atoms with Gasteiger partial charge in [-0.2, -0.15) is 0 Å². The van der Waals surface area contributed by atoms with Gasteiger partial charge in [0, 0.05) is 10.0 Å². The first-order valence-corrected chi connectivity index (χ1v) is 6.89. The lowest BCUT2D eigenvalue weighted by atomic mass is 10.1. The van der Waals surface area contributed by atoms with Gasteiger partial charge in [-0.1, -0.05) is 40.4 Å². The van der Waals surface area contributed by atoms with Gasteiger partial charge in [0.2, 0.25) is 0 Å². The molecule has 0 aliphatic carbocycles. The minimum atomic E-state index is -0.904. The number of nitrogens with zero attached hydrogens (tertiary/aromatic N) is 1. The van der Waals surface area contributed by atoms with Crippen LogP contribution in [0.2, 0.25) is 10.0 Å². The van der Waals surface area contributed by atoms with Crippen molar-refractivity contribution in [3.63, 3.8) is 0 Å². The molecule has 0 aromatic heterocycles. The maximum Gasteiger partial charge on any atom is 0.364 e. The number of amides is 2. The number of fused-ring (bicyclic) bond motifs is 1. The number of rotatable bonds is 2. The van der Waals surface area contributed by atoms with Crippen molar-refractivity contribution < 1.29 is 19.2 Å². The zero-order chi connectivity index (χ0) is 15.9. The zero-order valence-electron chi connectivity index (χ0n) is 10.9. The van der Waals surface area contributed by atoms with Crippen LogP contribution >= 0.6 is 23.2 Å². The van der Waals surface area contributed by atoms with Gasteiger partial charge in [-0.15, -0.1) is 0 Å². The molecule has 0 radical (unpaired) electrons. The minimum absolute atomic E-state index is 0.0362. The minimum Gasteiger partial charge on any atom is -0.324 e. The van der Waals surface area contributed by atoms with Crippen LogP contribution in [0.3, 0.4) is 0 Å². The normalized spacial score (nSPS) is 13.3. The first-order valence-electron chi connectivity index (χ1n) is 6.13. The number of hydroxylamine groups is 2. The third-order valence-corrected chi connectivity index (χ3v) is 3.47. The van der Waals surface area contributed by atoms with Crippen LogP contribution in [0.4, 0.5) is 0 Å². The van der Waals surface area contributed by atoms with Gasteiger partial charge in [0.15, 0.2) is 0 Å². The van der Waals surface area contributed by atoms with Gasteiger partial charge < -0.3 is 4.84 Å². The van der Waals surface area contributed by atoms with Crippen molar-refractivity contribution in [2.24, 2.45) is 0 Å². The van der Waals surface area contributed by atoms with Crippen molar-refractivity contribution in [2.75, 3.05) is 0 Å². The topological polar surface area (TPSA) is 63.7 Å². The Morgan fingerprint density at radius 3 is 1.91 bits per heavy atom. The predicted octanol–water partition coefficient (Wildman–Crippen LogP) is 3.36. The van der Waals surface area contributed by atoms with Crippen LogP contribution in [0.1, 0.15) is 31.1 Å². The van der Waals surface area contributed by atoms with Crippen molar-refractivity contribution in [3.05, 3.63) is 69.2 Å². The second kappa shape index (κ2) is 5.44. The number of halogens is 2. The van der Waals surface area contributed by atoms with Gasteiger partial charge in [-0.25, -0.2) is 4.79 Å². The Balaban J connectivity index is 1.87. The monoisotopic (exact) mass is 335 g/mol. The van der Waals surface area contributed by atoms with Crippen LogP contribution in [0.15, 0.2) is 42.5 Å². The van der Waals surface area contributed by atoms with Crippen molar-refractivity contribution in [1.29, 1.82) is 0 Å². The summed E-state index contributed by atoms with van der Waals surface area (Å²) in [6.45, 7) is 0. The number of carbonyl (C=O) groups excluding carboxylic acids is 3. The summed E-state index contributed by atoms with van der Waals surface area (Å²) in [5, 5.41) is 0.908. The Kier molecular flexibility index (Phi) is 3.60. The molecule has 2 aromatic carbocycles. The number of hydrogen-bond donors (Lipinski definition) is 0. The number of hydrogen-bond acceptors (Lipinski definition) is 4. The molecule has 5 nitrogen and oxygen atoms in total. The van der Waals surface area contributed by atoms with Crippen LogP contribution in [-0.2, 0) is 4.84 Å². The fraction of sp³-hybridized carbons (Fsp3) is 0. The van der Waals surface area contributed by atoms with Gasteiger partial charge in [0.05, 0.1) is 16.7 Å². The van der Waals surface area contributed by atoms with E-state index in [9.17, 15) is 14.4 Å². The Morgan fingerprint density at radius 2 is 1.41 bits per heavy atom. The van der Waals surface area contributed by atoms with Crippen LogP contribution in [0.5, 0.6) is 0 Å². The Morgan fingerprint density at radius 1 is 0.909 bits per heavy atom. The first-order chi connectivity index (χ1) is 10.5. The molecule has 0 atom stereocenters. The second-order valence-corrected chi connectivity index (χ2v) is 5.36. The number of imide groups is 1. The molecular weight excluding hydrogens is 329 g/mol. The summed E-state index contributed by atoms with van der Waals surface area (Å²) in [6.07, 6.45) is 0. The molecule has 110 valence electrons. The van der Waals surface area contributed by atoms with Gasteiger partial charge in [-0.05, 0) is 30.3 Å². The lowest BCUT2D eigenvalue weighted by molar-refractivity contribution is -0.0584. The maximum absolute atomic E-state index is 12.1. The van der Waals surface area contributed by atoms with Crippen LogP contribution in [0.25, 0.3) is 0 Å². The van der Waals surface area contributed by atoms with Crippen LogP contribution in [0, 0.1) is 0 Å². The third-order valence-electron chi connectivity index (χ3n) is 3.03. The van der Waals surface area contributed by atoms with E-state index in [1.54, 1.807) is 12.1 Å². The number of carbonyl (C=O) groups is 3. The van der Waals surface area contributed by atoms with Crippen LogP contribution in [-0.4, -0.2) is 22.8 Å².